The van der Waals surface area contributed by atoms with Crippen LogP contribution < -0.4 is 14.8 Å². The quantitative estimate of drug-likeness (QED) is 0.867. The molecule has 7 nitrogen and oxygen atoms in total. The summed E-state index contributed by atoms with van der Waals surface area (Å²) in [7, 11) is 3.07. The first-order valence-corrected chi connectivity index (χ1v) is 5.75. The Morgan fingerprint density at radius 1 is 1.35 bits per heavy atom. The minimum atomic E-state index is -1.17. The predicted octanol–water partition coefficient (Wildman–Crippen LogP) is 2.44. The molecule has 0 amide bonds. The molecule has 0 aliphatic rings. The average molecular weight is 278 g/mol. The number of oxazole rings is 1. The molecule has 0 radical (unpaired) electrons. The Bertz CT molecular complexity index is 636. The van der Waals surface area contributed by atoms with Crippen molar-refractivity contribution in [2.45, 2.75) is 6.92 Å². The molecule has 0 unspecified atom stereocenters. The fourth-order valence-corrected chi connectivity index (χ4v) is 1.68. The minimum absolute atomic E-state index is 0.0754. The van der Waals surface area contributed by atoms with Crippen molar-refractivity contribution in [1.82, 2.24) is 4.98 Å². The van der Waals surface area contributed by atoms with E-state index in [4.69, 9.17) is 19.0 Å². The Labute approximate surface area is 115 Å². The standard InChI is InChI=1S/C13H14N2O5/c1-7-11(12(16)17)20-13(14-7)15-9-6-8(18-2)4-5-10(9)19-3/h4-6H,1-3H3,(H,14,15)(H,16,17). The lowest BCUT2D eigenvalue weighted by Gasteiger charge is -2.10. The summed E-state index contributed by atoms with van der Waals surface area (Å²) in [6, 6.07) is 5.23. The number of carboxylic acids is 1. The summed E-state index contributed by atoms with van der Waals surface area (Å²) in [6.07, 6.45) is 0. The molecule has 0 aliphatic carbocycles. The van der Waals surface area contributed by atoms with Crippen LogP contribution in [0.25, 0.3) is 0 Å². The fourth-order valence-electron chi connectivity index (χ4n) is 1.68. The van der Waals surface area contributed by atoms with Crippen LogP contribution in [0.4, 0.5) is 11.7 Å². The van der Waals surface area contributed by atoms with Gasteiger partial charge in [-0.25, -0.2) is 4.79 Å². The van der Waals surface area contributed by atoms with Crippen LogP contribution in [0.1, 0.15) is 16.2 Å². The lowest BCUT2D eigenvalue weighted by Crippen LogP contribution is -1.96. The van der Waals surface area contributed by atoms with E-state index in [1.807, 2.05) is 0 Å². The Hall–Kier alpha value is -2.70. The number of carboxylic acid groups (broad SMARTS) is 1. The molecule has 0 fully saturated rings. The van der Waals surface area contributed by atoms with E-state index in [-0.39, 0.29) is 11.8 Å². The van der Waals surface area contributed by atoms with Crippen molar-refractivity contribution < 1.29 is 23.8 Å². The SMILES string of the molecule is COc1ccc(OC)c(Nc2nc(C)c(C(=O)O)o2)c1. The zero-order valence-electron chi connectivity index (χ0n) is 11.3. The topological polar surface area (TPSA) is 93.8 Å². The first-order chi connectivity index (χ1) is 9.55. The zero-order valence-corrected chi connectivity index (χ0v) is 11.3. The Morgan fingerprint density at radius 3 is 2.65 bits per heavy atom. The molecule has 2 N–H and O–H groups in total. The third kappa shape index (κ3) is 2.66. The number of anilines is 2. The zero-order chi connectivity index (χ0) is 14.7. The van der Waals surface area contributed by atoms with Crippen LogP contribution in [0, 0.1) is 6.92 Å². The maximum Gasteiger partial charge on any atom is 0.373 e. The molecule has 0 atom stereocenters. The van der Waals surface area contributed by atoms with Gasteiger partial charge in [0.1, 0.15) is 11.5 Å². The molecular weight excluding hydrogens is 264 g/mol. The number of hydrogen-bond donors (Lipinski definition) is 2. The van der Waals surface area contributed by atoms with Crippen molar-refractivity contribution in [1.29, 1.82) is 0 Å². The highest BCUT2D eigenvalue weighted by molar-refractivity contribution is 5.86. The van der Waals surface area contributed by atoms with E-state index in [1.54, 1.807) is 32.2 Å². The number of benzene rings is 1. The van der Waals surface area contributed by atoms with Crippen molar-refractivity contribution in [3.63, 3.8) is 0 Å². The monoisotopic (exact) mass is 278 g/mol. The Kier molecular flexibility index (Phi) is 3.79. The van der Waals surface area contributed by atoms with Gasteiger partial charge < -0.3 is 24.3 Å². The van der Waals surface area contributed by atoms with Gasteiger partial charge in [-0.05, 0) is 19.1 Å². The smallest absolute Gasteiger partial charge is 0.373 e. The second-order valence-electron chi connectivity index (χ2n) is 3.93. The largest absolute Gasteiger partial charge is 0.497 e. The van der Waals surface area contributed by atoms with Gasteiger partial charge in [-0.1, -0.05) is 0 Å². The molecule has 0 saturated carbocycles. The van der Waals surface area contributed by atoms with Crippen LogP contribution in [0.15, 0.2) is 22.6 Å². The number of ether oxygens (including phenoxy) is 2. The van der Waals surface area contributed by atoms with E-state index < -0.39 is 5.97 Å². The van der Waals surface area contributed by atoms with Crippen LogP contribution in [-0.2, 0) is 0 Å². The van der Waals surface area contributed by atoms with Crippen molar-refractivity contribution in [2.75, 3.05) is 19.5 Å². The number of aromatic carboxylic acids is 1. The van der Waals surface area contributed by atoms with Gasteiger partial charge in [-0.15, -0.1) is 0 Å². The van der Waals surface area contributed by atoms with E-state index in [0.29, 0.717) is 22.9 Å². The number of aromatic nitrogens is 1. The molecular formula is C13H14N2O5. The second kappa shape index (κ2) is 5.52. The second-order valence-corrected chi connectivity index (χ2v) is 3.93. The van der Waals surface area contributed by atoms with Crippen LogP contribution in [-0.4, -0.2) is 30.3 Å². The van der Waals surface area contributed by atoms with Crippen molar-refractivity contribution >= 4 is 17.7 Å². The van der Waals surface area contributed by atoms with Crippen molar-refractivity contribution in [3.05, 3.63) is 29.7 Å². The summed E-state index contributed by atoms with van der Waals surface area (Å²) in [5.41, 5.74) is 0.854. The maximum atomic E-state index is 10.9. The summed E-state index contributed by atoms with van der Waals surface area (Å²) in [5, 5.41) is 11.8. The van der Waals surface area contributed by atoms with Crippen molar-refractivity contribution in [3.8, 4) is 11.5 Å². The first-order valence-electron chi connectivity index (χ1n) is 5.75. The Balaban J connectivity index is 2.33. The number of methoxy groups -OCH3 is 2. The van der Waals surface area contributed by atoms with Gasteiger partial charge in [0, 0.05) is 6.07 Å². The molecule has 20 heavy (non-hydrogen) atoms. The average Bonchev–Trinajstić information content (AvgIpc) is 2.79. The van der Waals surface area contributed by atoms with Crippen LogP contribution in [0.3, 0.4) is 0 Å². The van der Waals surface area contributed by atoms with E-state index in [9.17, 15) is 4.79 Å². The van der Waals surface area contributed by atoms with Gasteiger partial charge in [0.15, 0.2) is 0 Å². The first kappa shape index (κ1) is 13.7. The molecule has 2 rings (SSSR count). The van der Waals surface area contributed by atoms with E-state index in [1.165, 1.54) is 7.11 Å². The summed E-state index contributed by atoms with van der Waals surface area (Å²) < 4.78 is 15.5. The summed E-state index contributed by atoms with van der Waals surface area (Å²) >= 11 is 0. The fraction of sp³-hybridized carbons (Fsp3) is 0.231. The van der Waals surface area contributed by atoms with Gasteiger partial charge in [-0.2, -0.15) is 4.98 Å². The highest BCUT2D eigenvalue weighted by Crippen LogP contribution is 2.31. The number of hydrogen-bond acceptors (Lipinski definition) is 6. The molecule has 1 aromatic carbocycles. The van der Waals surface area contributed by atoms with E-state index >= 15 is 0 Å². The molecule has 0 saturated heterocycles. The normalized spacial score (nSPS) is 10.2. The number of nitrogens with one attached hydrogen (secondary N) is 1. The number of nitrogens with zero attached hydrogens (tertiary/aromatic N) is 1. The van der Waals surface area contributed by atoms with Gasteiger partial charge >= 0.3 is 5.97 Å². The molecule has 0 bridgehead atoms. The van der Waals surface area contributed by atoms with Crippen LogP contribution in [0.2, 0.25) is 0 Å². The number of aryl methyl sites for hydroxylation is 1. The van der Waals surface area contributed by atoms with E-state index in [0.717, 1.165) is 0 Å². The molecule has 1 aromatic heterocycles. The maximum absolute atomic E-state index is 10.9. The Morgan fingerprint density at radius 2 is 2.10 bits per heavy atom. The third-order valence-electron chi connectivity index (χ3n) is 2.64. The van der Waals surface area contributed by atoms with Gasteiger partial charge in [0.2, 0.25) is 5.76 Å². The molecule has 106 valence electrons. The van der Waals surface area contributed by atoms with Crippen LogP contribution >= 0.6 is 0 Å². The predicted molar refractivity (Wildman–Crippen MR) is 71.0 cm³/mol. The number of carbonyl (C=O) groups is 1. The minimum Gasteiger partial charge on any atom is -0.497 e. The summed E-state index contributed by atoms with van der Waals surface area (Å²) in [4.78, 5) is 14.9. The highest BCUT2D eigenvalue weighted by Gasteiger charge is 2.17. The van der Waals surface area contributed by atoms with Gasteiger partial charge in [0.05, 0.1) is 25.6 Å². The highest BCUT2D eigenvalue weighted by atomic mass is 16.5. The van der Waals surface area contributed by atoms with Crippen molar-refractivity contribution in [2.24, 2.45) is 0 Å². The molecule has 1 heterocycles. The van der Waals surface area contributed by atoms with Crippen LogP contribution in [0.5, 0.6) is 11.5 Å². The summed E-state index contributed by atoms with van der Waals surface area (Å²) in [6.45, 7) is 1.56. The molecule has 2 aromatic rings. The van der Waals surface area contributed by atoms with E-state index in [2.05, 4.69) is 10.3 Å². The third-order valence-corrected chi connectivity index (χ3v) is 2.64. The molecule has 0 aliphatic heterocycles. The molecule has 7 heteroatoms. The van der Waals surface area contributed by atoms with Gasteiger partial charge in [0.25, 0.3) is 6.01 Å². The lowest BCUT2D eigenvalue weighted by atomic mass is 10.2. The van der Waals surface area contributed by atoms with Gasteiger partial charge in [-0.3, -0.25) is 0 Å². The lowest BCUT2D eigenvalue weighted by molar-refractivity contribution is 0.0662. The summed E-state index contributed by atoms with van der Waals surface area (Å²) in [5.74, 6) is -0.191. The number of rotatable bonds is 5. The molecule has 0 spiro atoms.